The number of hydrogen-bond acceptors (Lipinski definition) is 4. The Morgan fingerprint density at radius 2 is 2.12 bits per heavy atom. The van der Waals surface area contributed by atoms with Crippen molar-refractivity contribution in [1.29, 1.82) is 0 Å². The van der Waals surface area contributed by atoms with Crippen LogP contribution in [0.5, 0.6) is 0 Å². The van der Waals surface area contributed by atoms with Gasteiger partial charge in [-0.1, -0.05) is 11.8 Å². The minimum Gasteiger partial charge on any atom is -0.293 e. The van der Waals surface area contributed by atoms with E-state index in [1.54, 1.807) is 18.5 Å². The SMILES string of the molecule is CC(=O)c1ccc(Sc2ncccc2Br)cn1. The highest BCUT2D eigenvalue weighted by atomic mass is 79.9. The maximum atomic E-state index is 11.1. The molecule has 0 spiro atoms. The van der Waals surface area contributed by atoms with E-state index in [-0.39, 0.29) is 5.78 Å². The molecule has 0 aliphatic heterocycles. The third-order valence-electron chi connectivity index (χ3n) is 2.04. The molecule has 0 unspecified atom stereocenters. The number of carbonyl (C=O) groups is 1. The van der Waals surface area contributed by atoms with Crippen LogP contribution in [0.4, 0.5) is 0 Å². The smallest absolute Gasteiger partial charge is 0.178 e. The van der Waals surface area contributed by atoms with E-state index in [4.69, 9.17) is 0 Å². The first-order valence-corrected chi connectivity index (χ1v) is 6.53. The van der Waals surface area contributed by atoms with Crippen LogP contribution in [0, 0.1) is 0 Å². The molecule has 0 fully saturated rings. The van der Waals surface area contributed by atoms with Gasteiger partial charge in [0, 0.05) is 24.2 Å². The van der Waals surface area contributed by atoms with Crippen LogP contribution < -0.4 is 0 Å². The van der Waals surface area contributed by atoms with Gasteiger partial charge in [0.2, 0.25) is 0 Å². The Kier molecular flexibility index (Phi) is 3.91. The van der Waals surface area contributed by atoms with Gasteiger partial charge in [0.1, 0.15) is 10.7 Å². The lowest BCUT2D eigenvalue weighted by atomic mass is 10.3. The van der Waals surface area contributed by atoms with Crippen LogP contribution in [-0.4, -0.2) is 15.8 Å². The molecule has 3 nitrogen and oxygen atoms in total. The zero-order valence-corrected chi connectivity index (χ0v) is 11.5. The number of rotatable bonds is 3. The van der Waals surface area contributed by atoms with Crippen LogP contribution >= 0.6 is 27.7 Å². The fourth-order valence-electron chi connectivity index (χ4n) is 1.21. The molecule has 2 aromatic rings. The fourth-order valence-corrected chi connectivity index (χ4v) is 2.45. The first-order chi connectivity index (χ1) is 8.16. The van der Waals surface area contributed by atoms with E-state index in [1.807, 2.05) is 18.2 Å². The minimum absolute atomic E-state index is 0.0273. The molecule has 0 saturated carbocycles. The van der Waals surface area contributed by atoms with Crippen molar-refractivity contribution < 1.29 is 4.79 Å². The minimum atomic E-state index is -0.0273. The fraction of sp³-hybridized carbons (Fsp3) is 0.0833. The molecule has 5 heteroatoms. The van der Waals surface area contributed by atoms with Gasteiger partial charge in [-0.05, 0) is 40.2 Å². The molecule has 0 aliphatic carbocycles. The maximum absolute atomic E-state index is 11.1. The van der Waals surface area contributed by atoms with Crippen LogP contribution in [0.15, 0.2) is 51.1 Å². The lowest BCUT2D eigenvalue weighted by Crippen LogP contribution is -1.95. The van der Waals surface area contributed by atoms with Gasteiger partial charge in [-0.3, -0.25) is 9.78 Å². The van der Waals surface area contributed by atoms with E-state index in [1.165, 1.54) is 18.7 Å². The summed E-state index contributed by atoms with van der Waals surface area (Å²) >= 11 is 4.94. The van der Waals surface area contributed by atoms with E-state index >= 15 is 0 Å². The molecule has 86 valence electrons. The molecule has 17 heavy (non-hydrogen) atoms. The number of pyridine rings is 2. The molecule has 0 atom stereocenters. The summed E-state index contributed by atoms with van der Waals surface area (Å²) in [6.45, 7) is 1.50. The van der Waals surface area contributed by atoms with Gasteiger partial charge in [0.25, 0.3) is 0 Å². The van der Waals surface area contributed by atoms with Crippen molar-refractivity contribution in [1.82, 2.24) is 9.97 Å². The zero-order chi connectivity index (χ0) is 12.3. The van der Waals surface area contributed by atoms with Gasteiger partial charge in [-0.2, -0.15) is 0 Å². The number of aromatic nitrogens is 2. The first-order valence-electron chi connectivity index (χ1n) is 4.92. The van der Waals surface area contributed by atoms with Crippen molar-refractivity contribution in [3.05, 3.63) is 46.8 Å². The topological polar surface area (TPSA) is 42.9 Å². The summed E-state index contributed by atoms with van der Waals surface area (Å²) in [7, 11) is 0. The van der Waals surface area contributed by atoms with Gasteiger partial charge in [-0.15, -0.1) is 0 Å². The van der Waals surface area contributed by atoms with Crippen LogP contribution in [0.1, 0.15) is 17.4 Å². The molecule has 2 aromatic heterocycles. The van der Waals surface area contributed by atoms with E-state index in [0.29, 0.717) is 5.69 Å². The van der Waals surface area contributed by atoms with Crippen molar-refractivity contribution in [2.24, 2.45) is 0 Å². The predicted molar refractivity (Wildman–Crippen MR) is 70.3 cm³/mol. The Bertz CT molecular complexity index is 542. The molecule has 0 aliphatic rings. The highest BCUT2D eigenvalue weighted by Gasteiger charge is 2.05. The summed E-state index contributed by atoms with van der Waals surface area (Å²) in [6, 6.07) is 7.40. The average molecular weight is 309 g/mol. The Balaban J connectivity index is 2.20. The standard InChI is InChI=1S/C12H9BrN2OS/c1-8(16)11-5-4-9(7-15-11)17-12-10(13)3-2-6-14-12/h2-7H,1H3. The van der Waals surface area contributed by atoms with Crippen molar-refractivity contribution in [2.45, 2.75) is 16.8 Å². The summed E-state index contributed by atoms with van der Waals surface area (Å²) in [5, 5.41) is 0.880. The molecule has 0 N–H and O–H groups in total. The third-order valence-corrected chi connectivity index (χ3v) is 3.93. The zero-order valence-electron chi connectivity index (χ0n) is 9.05. The van der Waals surface area contributed by atoms with E-state index in [0.717, 1.165) is 14.4 Å². The molecule has 2 rings (SSSR count). The highest BCUT2D eigenvalue weighted by molar-refractivity contribution is 9.10. The monoisotopic (exact) mass is 308 g/mol. The number of halogens is 1. The quantitative estimate of drug-likeness (QED) is 0.813. The molecular weight excluding hydrogens is 300 g/mol. The summed E-state index contributed by atoms with van der Waals surface area (Å²) < 4.78 is 0.945. The van der Waals surface area contributed by atoms with Crippen LogP contribution in [0.2, 0.25) is 0 Å². The molecule has 0 amide bonds. The second-order valence-corrected chi connectivity index (χ2v) is 5.24. The Morgan fingerprint density at radius 3 is 2.71 bits per heavy atom. The van der Waals surface area contributed by atoms with Gasteiger partial charge >= 0.3 is 0 Å². The lowest BCUT2D eigenvalue weighted by molar-refractivity contribution is 0.101. The number of Topliss-reactive ketones (excluding diaryl/α,β-unsaturated/α-hetero) is 1. The van der Waals surface area contributed by atoms with Crippen LogP contribution in [-0.2, 0) is 0 Å². The van der Waals surface area contributed by atoms with E-state index in [9.17, 15) is 4.79 Å². The van der Waals surface area contributed by atoms with Crippen molar-refractivity contribution in [2.75, 3.05) is 0 Å². The van der Waals surface area contributed by atoms with Crippen LogP contribution in [0.3, 0.4) is 0 Å². The molecule has 2 heterocycles. The number of carbonyl (C=O) groups excluding carboxylic acids is 1. The van der Waals surface area contributed by atoms with Crippen molar-refractivity contribution >= 4 is 33.5 Å². The van der Waals surface area contributed by atoms with Crippen LogP contribution in [0.25, 0.3) is 0 Å². The number of nitrogens with zero attached hydrogens (tertiary/aromatic N) is 2. The first kappa shape index (κ1) is 12.3. The van der Waals surface area contributed by atoms with Gasteiger partial charge in [0.05, 0.1) is 4.47 Å². The van der Waals surface area contributed by atoms with E-state index in [2.05, 4.69) is 25.9 Å². The summed E-state index contributed by atoms with van der Waals surface area (Å²) in [6.07, 6.45) is 3.42. The van der Waals surface area contributed by atoms with Crippen molar-refractivity contribution in [3.8, 4) is 0 Å². The van der Waals surface area contributed by atoms with Gasteiger partial charge < -0.3 is 0 Å². The molecule has 0 bridgehead atoms. The normalized spacial score (nSPS) is 10.2. The van der Waals surface area contributed by atoms with Gasteiger partial charge in [0.15, 0.2) is 5.78 Å². The Labute approximate surface area is 112 Å². The molecule has 0 radical (unpaired) electrons. The van der Waals surface area contributed by atoms with E-state index < -0.39 is 0 Å². The summed E-state index contributed by atoms with van der Waals surface area (Å²) in [5.41, 5.74) is 0.481. The largest absolute Gasteiger partial charge is 0.293 e. The number of hydrogen-bond donors (Lipinski definition) is 0. The second-order valence-electron chi connectivity index (χ2n) is 3.33. The Morgan fingerprint density at radius 1 is 1.29 bits per heavy atom. The molecule has 0 aromatic carbocycles. The predicted octanol–water partition coefficient (Wildman–Crippen LogP) is 3.59. The molecular formula is C12H9BrN2OS. The molecule has 0 saturated heterocycles. The average Bonchev–Trinajstić information content (AvgIpc) is 2.33. The maximum Gasteiger partial charge on any atom is 0.178 e. The lowest BCUT2D eigenvalue weighted by Gasteiger charge is -2.02. The highest BCUT2D eigenvalue weighted by Crippen LogP contribution is 2.30. The van der Waals surface area contributed by atoms with Crippen molar-refractivity contribution in [3.63, 3.8) is 0 Å². The number of ketones is 1. The van der Waals surface area contributed by atoms with Gasteiger partial charge in [-0.25, -0.2) is 4.98 Å². The third kappa shape index (κ3) is 3.14. The summed E-state index contributed by atoms with van der Waals surface area (Å²) in [5.74, 6) is -0.0273. The Hall–Kier alpha value is -1.20. The summed E-state index contributed by atoms with van der Waals surface area (Å²) in [4.78, 5) is 20.4. The second kappa shape index (κ2) is 5.42.